The topological polar surface area (TPSA) is 29.9 Å². The first-order valence-corrected chi connectivity index (χ1v) is 7.37. The monoisotopic (exact) mass is 271 g/mol. The zero-order valence-corrected chi connectivity index (χ0v) is 13.0. The largest absolute Gasteiger partial charge is 0.319 e. The van der Waals surface area contributed by atoms with Crippen LogP contribution in [0.15, 0.2) is 30.3 Å². The molecule has 0 fully saturated rings. The van der Waals surface area contributed by atoms with Gasteiger partial charge in [0.05, 0.1) is 5.69 Å². The van der Waals surface area contributed by atoms with Crippen LogP contribution in [0.4, 0.5) is 0 Å². The van der Waals surface area contributed by atoms with Crippen LogP contribution >= 0.6 is 0 Å². The minimum atomic E-state index is 0.487. The molecule has 0 amide bonds. The number of rotatable bonds is 6. The molecule has 1 heterocycles. The van der Waals surface area contributed by atoms with E-state index >= 15 is 0 Å². The highest BCUT2D eigenvalue weighted by molar-refractivity contribution is 5.26. The number of aromatic nitrogens is 2. The van der Waals surface area contributed by atoms with Crippen LogP contribution in [0.5, 0.6) is 0 Å². The van der Waals surface area contributed by atoms with Crippen LogP contribution in [0.25, 0.3) is 0 Å². The van der Waals surface area contributed by atoms with E-state index in [0.29, 0.717) is 5.92 Å². The smallest absolute Gasteiger partial charge is 0.0624 e. The lowest BCUT2D eigenvalue weighted by Gasteiger charge is -2.17. The van der Waals surface area contributed by atoms with E-state index in [4.69, 9.17) is 0 Å². The Labute approximate surface area is 122 Å². The summed E-state index contributed by atoms with van der Waals surface area (Å²) in [5.41, 5.74) is 5.19. The van der Waals surface area contributed by atoms with Gasteiger partial charge in [0, 0.05) is 25.2 Å². The van der Waals surface area contributed by atoms with Crippen LogP contribution in [0.1, 0.15) is 35.4 Å². The van der Waals surface area contributed by atoms with Crippen LogP contribution in [0.3, 0.4) is 0 Å². The van der Waals surface area contributed by atoms with Crippen LogP contribution in [0.2, 0.25) is 0 Å². The fourth-order valence-corrected chi connectivity index (χ4v) is 2.58. The van der Waals surface area contributed by atoms with E-state index in [0.717, 1.165) is 19.4 Å². The molecule has 2 aromatic rings. The summed E-state index contributed by atoms with van der Waals surface area (Å²) in [5, 5.41) is 7.86. The zero-order chi connectivity index (χ0) is 14.5. The molecule has 0 aliphatic carbocycles. The van der Waals surface area contributed by atoms with Crippen LogP contribution in [-0.2, 0) is 19.9 Å². The molecule has 0 saturated carbocycles. The van der Waals surface area contributed by atoms with Crippen molar-refractivity contribution in [3.63, 3.8) is 0 Å². The van der Waals surface area contributed by atoms with Gasteiger partial charge in [-0.2, -0.15) is 5.10 Å². The maximum atomic E-state index is 4.55. The zero-order valence-electron chi connectivity index (χ0n) is 13.0. The molecule has 1 aromatic carbocycles. The van der Waals surface area contributed by atoms with Gasteiger partial charge in [-0.05, 0) is 38.4 Å². The standard InChI is InChI=1S/C17H25N3/c1-5-16-11-17(20(4)19-16)10-15(12-18-3)14-8-6-13(2)7-9-14/h6-9,11,15,18H,5,10,12H2,1-4H3. The average molecular weight is 271 g/mol. The summed E-state index contributed by atoms with van der Waals surface area (Å²) in [6.45, 7) is 5.26. The SMILES string of the molecule is CCc1cc(CC(CNC)c2ccc(C)cc2)n(C)n1. The maximum absolute atomic E-state index is 4.55. The van der Waals surface area contributed by atoms with Gasteiger partial charge >= 0.3 is 0 Å². The lowest BCUT2D eigenvalue weighted by molar-refractivity contribution is 0.590. The van der Waals surface area contributed by atoms with E-state index in [9.17, 15) is 0 Å². The Morgan fingerprint density at radius 2 is 1.95 bits per heavy atom. The van der Waals surface area contributed by atoms with Gasteiger partial charge in [-0.15, -0.1) is 0 Å². The molecule has 1 aromatic heterocycles. The predicted octanol–water partition coefficient (Wildman–Crippen LogP) is 2.84. The molecule has 0 radical (unpaired) electrons. The van der Waals surface area contributed by atoms with Gasteiger partial charge in [-0.3, -0.25) is 4.68 Å². The molecule has 0 aliphatic heterocycles. The Hall–Kier alpha value is -1.61. The molecule has 1 atom stereocenters. The summed E-state index contributed by atoms with van der Waals surface area (Å²) in [6, 6.07) is 11.1. The molecule has 0 saturated heterocycles. The molecule has 1 N–H and O–H groups in total. The second kappa shape index (κ2) is 6.71. The van der Waals surface area contributed by atoms with Crippen molar-refractivity contribution in [3.8, 4) is 0 Å². The van der Waals surface area contributed by atoms with E-state index in [1.54, 1.807) is 0 Å². The number of hydrogen-bond donors (Lipinski definition) is 1. The fraction of sp³-hybridized carbons (Fsp3) is 0.471. The van der Waals surface area contributed by atoms with Gasteiger partial charge in [-0.1, -0.05) is 36.8 Å². The number of hydrogen-bond acceptors (Lipinski definition) is 2. The Kier molecular flexibility index (Phi) is 4.96. The predicted molar refractivity (Wildman–Crippen MR) is 84.1 cm³/mol. The third-order valence-corrected chi connectivity index (χ3v) is 3.84. The molecule has 108 valence electrons. The first kappa shape index (κ1) is 14.8. The quantitative estimate of drug-likeness (QED) is 0.875. The van der Waals surface area contributed by atoms with E-state index in [2.05, 4.69) is 54.6 Å². The van der Waals surface area contributed by atoms with Crippen molar-refractivity contribution in [2.24, 2.45) is 7.05 Å². The maximum Gasteiger partial charge on any atom is 0.0624 e. The lowest BCUT2D eigenvalue weighted by Crippen LogP contribution is -2.20. The second-order valence-corrected chi connectivity index (χ2v) is 5.47. The Balaban J connectivity index is 2.20. The summed E-state index contributed by atoms with van der Waals surface area (Å²) < 4.78 is 2.02. The second-order valence-electron chi connectivity index (χ2n) is 5.47. The highest BCUT2D eigenvalue weighted by Gasteiger charge is 2.14. The molecule has 2 rings (SSSR count). The van der Waals surface area contributed by atoms with Gasteiger partial charge in [-0.25, -0.2) is 0 Å². The van der Waals surface area contributed by atoms with E-state index in [1.807, 2.05) is 18.8 Å². The van der Waals surface area contributed by atoms with Crippen molar-refractivity contribution >= 4 is 0 Å². The van der Waals surface area contributed by atoms with Crippen LogP contribution in [-0.4, -0.2) is 23.4 Å². The highest BCUT2D eigenvalue weighted by Crippen LogP contribution is 2.21. The highest BCUT2D eigenvalue weighted by atomic mass is 15.3. The summed E-state index contributed by atoms with van der Waals surface area (Å²) >= 11 is 0. The molecule has 20 heavy (non-hydrogen) atoms. The minimum absolute atomic E-state index is 0.487. The Morgan fingerprint density at radius 1 is 1.25 bits per heavy atom. The number of likely N-dealkylation sites (N-methyl/N-ethyl adjacent to an activating group) is 1. The van der Waals surface area contributed by atoms with E-state index in [-0.39, 0.29) is 0 Å². The molecular weight excluding hydrogens is 246 g/mol. The third kappa shape index (κ3) is 3.48. The molecule has 0 aliphatic rings. The van der Waals surface area contributed by atoms with Gasteiger partial charge in [0.25, 0.3) is 0 Å². The fourth-order valence-electron chi connectivity index (χ4n) is 2.58. The van der Waals surface area contributed by atoms with Crippen molar-refractivity contribution in [2.75, 3.05) is 13.6 Å². The molecule has 0 spiro atoms. The molecule has 3 heteroatoms. The number of benzene rings is 1. The lowest BCUT2D eigenvalue weighted by atomic mass is 9.93. The Morgan fingerprint density at radius 3 is 2.50 bits per heavy atom. The first-order valence-electron chi connectivity index (χ1n) is 7.37. The molecule has 0 bridgehead atoms. The normalized spacial score (nSPS) is 12.6. The minimum Gasteiger partial charge on any atom is -0.319 e. The number of aryl methyl sites for hydroxylation is 3. The van der Waals surface area contributed by atoms with Gasteiger partial charge < -0.3 is 5.32 Å². The molecular formula is C17H25N3. The first-order chi connectivity index (χ1) is 9.63. The van der Waals surface area contributed by atoms with Gasteiger partial charge in [0.1, 0.15) is 0 Å². The van der Waals surface area contributed by atoms with E-state index in [1.165, 1.54) is 22.5 Å². The van der Waals surface area contributed by atoms with Crippen LogP contribution in [0, 0.1) is 6.92 Å². The van der Waals surface area contributed by atoms with Crippen molar-refractivity contribution in [3.05, 3.63) is 52.8 Å². The Bertz CT molecular complexity index is 540. The number of nitrogens with zero attached hydrogens (tertiary/aromatic N) is 2. The van der Waals surface area contributed by atoms with Crippen molar-refractivity contribution in [1.29, 1.82) is 0 Å². The summed E-state index contributed by atoms with van der Waals surface area (Å²) in [4.78, 5) is 0. The van der Waals surface area contributed by atoms with Crippen molar-refractivity contribution in [1.82, 2.24) is 15.1 Å². The summed E-state index contributed by atoms with van der Waals surface area (Å²) in [5.74, 6) is 0.487. The van der Waals surface area contributed by atoms with E-state index < -0.39 is 0 Å². The number of nitrogens with one attached hydrogen (secondary N) is 1. The summed E-state index contributed by atoms with van der Waals surface area (Å²) in [7, 11) is 4.06. The average Bonchev–Trinajstić information content (AvgIpc) is 2.80. The molecule has 1 unspecified atom stereocenters. The molecule has 3 nitrogen and oxygen atoms in total. The third-order valence-electron chi connectivity index (χ3n) is 3.84. The van der Waals surface area contributed by atoms with Crippen molar-refractivity contribution < 1.29 is 0 Å². The van der Waals surface area contributed by atoms with Gasteiger partial charge in [0.2, 0.25) is 0 Å². The van der Waals surface area contributed by atoms with Gasteiger partial charge in [0.15, 0.2) is 0 Å². The summed E-state index contributed by atoms with van der Waals surface area (Å²) in [6.07, 6.45) is 2.02. The van der Waals surface area contributed by atoms with Crippen molar-refractivity contribution in [2.45, 2.75) is 32.6 Å². The van der Waals surface area contributed by atoms with Crippen LogP contribution < -0.4 is 5.32 Å².